The summed E-state index contributed by atoms with van der Waals surface area (Å²) in [6.45, 7) is 11.8. The molecule has 84 valence electrons. The van der Waals surface area contributed by atoms with Crippen LogP contribution in [0.5, 0.6) is 0 Å². The molecule has 1 aromatic carbocycles. The zero-order chi connectivity index (χ0) is 12.3. The summed E-state index contributed by atoms with van der Waals surface area (Å²) in [6, 6.07) is 6.88. The zero-order valence-electron chi connectivity index (χ0n) is 9.92. The van der Waals surface area contributed by atoms with Gasteiger partial charge in [0.25, 0.3) is 0 Å². The fraction of sp³-hybridized carbons (Fsp3) is 0.308. The van der Waals surface area contributed by atoms with Crippen LogP contribution in [-0.4, -0.2) is 5.78 Å². The molecule has 0 heterocycles. The first kappa shape index (κ1) is 15.9. The first-order chi connectivity index (χ1) is 7.11. The standard InChI is InChI=1S/C8H9NO.C3H8.C2H4/c1-6(10)7-2-4-8(9)5-3-7;1-3-2;1-2/h2-5H,9H2,1H3;3H2,1-2H3;1-2H2. The van der Waals surface area contributed by atoms with Gasteiger partial charge in [-0.1, -0.05) is 20.3 Å². The van der Waals surface area contributed by atoms with E-state index in [1.54, 1.807) is 24.3 Å². The number of carbonyl (C=O) groups is 1. The molecule has 0 bridgehead atoms. The Labute approximate surface area is 92.8 Å². The molecule has 0 aromatic heterocycles. The molecule has 0 amide bonds. The Morgan fingerprint density at radius 1 is 1.20 bits per heavy atom. The molecule has 0 radical (unpaired) electrons. The van der Waals surface area contributed by atoms with Crippen LogP contribution >= 0.6 is 0 Å². The van der Waals surface area contributed by atoms with Crippen LogP contribution in [0.2, 0.25) is 0 Å². The number of carbonyl (C=O) groups excluding carboxylic acids is 1. The van der Waals surface area contributed by atoms with E-state index < -0.39 is 0 Å². The lowest BCUT2D eigenvalue weighted by Gasteiger charge is -1.94. The van der Waals surface area contributed by atoms with Crippen LogP contribution < -0.4 is 5.73 Å². The number of nitrogen functional groups attached to an aromatic ring is 1. The third kappa shape index (κ3) is 8.75. The number of benzene rings is 1. The van der Waals surface area contributed by atoms with Crippen LogP contribution in [0.3, 0.4) is 0 Å². The Hall–Kier alpha value is -1.57. The number of hydrogen-bond acceptors (Lipinski definition) is 2. The van der Waals surface area contributed by atoms with Crippen molar-refractivity contribution < 1.29 is 4.79 Å². The first-order valence-electron chi connectivity index (χ1n) is 4.98. The molecule has 15 heavy (non-hydrogen) atoms. The molecule has 2 N–H and O–H groups in total. The van der Waals surface area contributed by atoms with Crippen LogP contribution in [0.4, 0.5) is 5.69 Å². The average molecular weight is 207 g/mol. The number of ketones is 1. The van der Waals surface area contributed by atoms with Gasteiger partial charge in [-0.05, 0) is 31.2 Å². The highest BCUT2D eigenvalue weighted by atomic mass is 16.1. The zero-order valence-corrected chi connectivity index (χ0v) is 9.92. The van der Waals surface area contributed by atoms with Crippen molar-refractivity contribution in [2.45, 2.75) is 27.2 Å². The van der Waals surface area contributed by atoms with E-state index in [1.807, 2.05) is 0 Å². The molecular formula is C13H21NO. The molecule has 0 saturated carbocycles. The number of hydrogen-bond donors (Lipinski definition) is 1. The lowest BCUT2D eigenvalue weighted by molar-refractivity contribution is 0.101. The minimum atomic E-state index is 0.0694. The third-order valence-corrected chi connectivity index (χ3v) is 1.32. The van der Waals surface area contributed by atoms with Gasteiger partial charge in [-0.3, -0.25) is 4.79 Å². The number of anilines is 1. The summed E-state index contributed by atoms with van der Waals surface area (Å²) in [5, 5.41) is 0. The van der Waals surface area contributed by atoms with E-state index in [2.05, 4.69) is 27.0 Å². The summed E-state index contributed by atoms with van der Waals surface area (Å²) in [5.41, 5.74) is 6.80. The highest BCUT2D eigenvalue weighted by Crippen LogP contribution is 2.05. The van der Waals surface area contributed by atoms with Gasteiger partial charge in [0.2, 0.25) is 0 Å². The van der Waals surface area contributed by atoms with Crippen molar-refractivity contribution in [3.05, 3.63) is 43.0 Å². The van der Waals surface area contributed by atoms with Crippen LogP contribution in [0.15, 0.2) is 37.4 Å². The van der Waals surface area contributed by atoms with Gasteiger partial charge in [-0.15, -0.1) is 13.2 Å². The fourth-order valence-electron chi connectivity index (χ4n) is 0.718. The van der Waals surface area contributed by atoms with Crippen molar-refractivity contribution in [2.24, 2.45) is 0 Å². The average Bonchev–Trinajstić information content (AvgIpc) is 2.22. The quantitative estimate of drug-likeness (QED) is 0.433. The lowest BCUT2D eigenvalue weighted by Crippen LogP contribution is -1.91. The topological polar surface area (TPSA) is 43.1 Å². The smallest absolute Gasteiger partial charge is 0.159 e. The van der Waals surface area contributed by atoms with Crippen LogP contribution in [0.1, 0.15) is 37.6 Å². The minimum absolute atomic E-state index is 0.0694. The number of Topliss-reactive ketones (excluding diaryl/α,β-unsaturated/α-hetero) is 1. The van der Waals surface area contributed by atoms with Crippen molar-refractivity contribution in [2.75, 3.05) is 5.73 Å². The predicted octanol–water partition coefficient (Wildman–Crippen LogP) is 3.69. The SMILES string of the molecule is C=C.CC(=O)c1ccc(N)cc1.CCC. The molecule has 1 aromatic rings. The van der Waals surface area contributed by atoms with E-state index in [1.165, 1.54) is 13.3 Å². The minimum Gasteiger partial charge on any atom is -0.399 e. The maximum atomic E-state index is 10.7. The first-order valence-corrected chi connectivity index (χ1v) is 4.98. The molecule has 0 aliphatic heterocycles. The number of rotatable bonds is 1. The third-order valence-electron chi connectivity index (χ3n) is 1.32. The summed E-state index contributed by atoms with van der Waals surface area (Å²) in [6.07, 6.45) is 1.25. The predicted molar refractivity (Wildman–Crippen MR) is 68.1 cm³/mol. The summed E-state index contributed by atoms with van der Waals surface area (Å²) in [5.74, 6) is 0.0694. The lowest BCUT2D eigenvalue weighted by atomic mass is 10.1. The van der Waals surface area contributed by atoms with Gasteiger partial charge in [0.05, 0.1) is 0 Å². The second kappa shape index (κ2) is 10.5. The van der Waals surface area contributed by atoms with Gasteiger partial charge in [0.1, 0.15) is 0 Å². The van der Waals surface area contributed by atoms with Crippen LogP contribution in [0, 0.1) is 0 Å². The molecule has 2 nitrogen and oxygen atoms in total. The van der Waals surface area contributed by atoms with Crippen molar-refractivity contribution in [3.8, 4) is 0 Å². The summed E-state index contributed by atoms with van der Waals surface area (Å²) in [4.78, 5) is 10.7. The largest absolute Gasteiger partial charge is 0.399 e. The maximum Gasteiger partial charge on any atom is 0.159 e. The van der Waals surface area contributed by atoms with E-state index >= 15 is 0 Å². The molecular weight excluding hydrogens is 186 g/mol. The molecule has 2 heteroatoms. The molecule has 0 spiro atoms. The van der Waals surface area contributed by atoms with E-state index in [4.69, 9.17) is 5.73 Å². The summed E-state index contributed by atoms with van der Waals surface area (Å²) in [7, 11) is 0. The fourth-order valence-corrected chi connectivity index (χ4v) is 0.718. The molecule has 0 fully saturated rings. The van der Waals surface area contributed by atoms with Gasteiger partial charge in [0.15, 0.2) is 5.78 Å². The van der Waals surface area contributed by atoms with Gasteiger partial charge >= 0.3 is 0 Å². The van der Waals surface area contributed by atoms with Crippen molar-refractivity contribution in [1.29, 1.82) is 0 Å². The molecule has 1 rings (SSSR count). The Morgan fingerprint density at radius 2 is 1.53 bits per heavy atom. The van der Waals surface area contributed by atoms with Gasteiger partial charge in [-0.25, -0.2) is 0 Å². The second-order valence-electron chi connectivity index (χ2n) is 2.89. The molecule has 0 unspecified atom stereocenters. The van der Waals surface area contributed by atoms with E-state index in [0.29, 0.717) is 11.3 Å². The number of nitrogens with two attached hydrogens (primary N) is 1. The molecule has 0 saturated heterocycles. The van der Waals surface area contributed by atoms with Gasteiger partial charge in [0, 0.05) is 11.3 Å². The maximum absolute atomic E-state index is 10.7. The van der Waals surface area contributed by atoms with E-state index in [9.17, 15) is 4.79 Å². The normalized spacial score (nSPS) is 7.67. The Bertz CT molecular complexity index is 264. The Balaban J connectivity index is 0. The van der Waals surface area contributed by atoms with Gasteiger partial charge < -0.3 is 5.73 Å². The summed E-state index contributed by atoms with van der Waals surface area (Å²) < 4.78 is 0. The van der Waals surface area contributed by atoms with Gasteiger partial charge in [-0.2, -0.15) is 0 Å². The van der Waals surface area contributed by atoms with E-state index in [-0.39, 0.29) is 5.78 Å². The van der Waals surface area contributed by atoms with Crippen molar-refractivity contribution in [3.63, 3.8) is 0 Å². The molecule has 0 aliphatic rings. The van der Waals surface area contributed by atoms with Crippen LogP contribution in [0.25, 0.3) is 0 Å². The monoisotopic (exact) mass is 207 g/mol. The van der Waals surface area contributed by atoms with Crippen molar-refractivity contribution in [1.82, 2.24) is 0 Å². The van der Waals surface area contributed by atoms with E-state index in [0.717, 1.165) is 0 Å². The second-order valence-corrected chi connectivity index (χ2v) is 2.89. The van der Waals surface area contributed by atoms with Crippen molar-refractivity contribution >= 4 is 11.5 Å². The molecule has 0 aliphatic carbocycles. The summed E-state index contributed by atoms with van der Waals surface area (Å²) >= 11 is 0. The van der Waals surface area contributed by atoms with Crippen LogP contribution in [-0.2, 0) is 0 Å². The highest BCUT2D eigenvalue weighted by Gasteiger charge is 1.95. The highest BCUT2D eigenvalue weighted by molar-refractivity contribution is 5.94. The molecule has 0 atom stereocenters. The Morgan fingerprint density at radius 3 is 1.80 bits per heavy atom. The Kier molecular flexibility index (Phi) is 11.1.